The van der Waals surface area contributed by atoms with Crippen LogP contribution in [0.4, 0.5) is 0 Å². The number of hydrazine groups is 1. The van der Waals surface area contributed by atoms with Gasteiger partial charge in [0.2, 0.25) is 5.91 Å². The Kier molecular flexibility index (Phi) is 5.20. The summed E-state index contributed by atoms with van der Waals surface area (Å²) in [6, 6.07) is 1.73. The average molecular weight is 336 g/mol. The van der Waals surface area contributed by atoms with Crippen LogP contribution in [0.1, 0.15) is 41.9 Å². The second-order valence-corrected chi connectivity index (χ2v) is 7.02. The van der Waals surface area contributed by atoms with Gasteiger partial charge in [-0.15, -0.1) is 11.3 Å². The molecule has 1 aromatic heterocycles. The third kappa shape index (κ3) is 3.98. The third-order valence-corrected chi connectivity index (χ3v) is 5.07. The molecule has 124 valence electrons. The van der Waals surface area contributed by atoms with Gasteiger partial charge in [0.25, 0.3) is 5.91 Å². The number of amides is 2. The highest BCUT2D eigenvalue weighted by Gasteiger charge is 2.37. The number of hydrogen-bond donors (Lipinski definition) is 3. The van der Waals surface area contributed by atoms with E-state index < -0.39 is 29.6 Å². The van der Waals surface area contributed by atoms with Gasteiger partial charge >= 0.3 is 5.97 Å². The van der Waals surface area contributed by atoms with E-state index in [4.69, 9.17) is 0 Å². The number of rotatable bonds is 3. The molecule has 3 N–H and O–H groups in total. The maximum atomic E-state index is 12.3. The highest BCUT2D eigenvalue weighted by atomic mass is 32.1. The smallest absolute Gasteiger partial charge is 0.307 e. The van der Waals surface area contributed by atoms with Crippen molar-refractivity contribution in [2.45, 2.75) is 33.6 Å². The number of carbonyl (C=O) groups excluding carboxylic acids is 2. The SMILES string of the molecule is CC1=C(C)C[C@@H](C(=O)NNC(=O)c2csc(C)c2)[C@@H](C(=O)O)C1. The van der Waals surface area contributed by atoms with Crippen LogP contribution in [0.25, 0.3) is 0 Å². The van der Waals surface area contributed by atoms with Crippen LogP contribution in [-0.4, -0.2) is 22.9 Å². The number of carboxylic acid groups (broad SMARTS) is 1. The average Bonchev–Trinajstić information content (AvgIpc) is 2.93. The van der Waals surface area contributed by atoms with Crippen LogP contribution in [0.15, 0.2) is 22.6 Å². The normalized spacial score (nSPS) is 21.0. The second kappa shape index (κ2) is 6.95. The standard InChI is InChI=1S/C16H20N2O4S/c1-8-4-12(13(16(21)22)5-9(8)2)15(20)18-17-14(19)11-6-10(3)23-7-11/h6-7,12-13H,4-5H2,1-3H3,(H,17,19)(H,18,20)(H,21,22)/t12-,13+/m1/s1. The first-order valence-electron chi connectivity index (χ1n) is 7.33. The predicted molar refractivity (Wildman–Crippen MR) is 86.9 cm³/mol. The number of nitrogens with one attached hydrogen (secondary N) is 2. The third-order valence-electron chi connectivity index (χ3n) is 4.21. The molecular formula is C16H20N2O4S. The van der Waals surface area contributed by atoms with E-state index in [1.165, 1.54) is 11.3 Å². The maximum absolute atomic E-state index is 12.3. The molecule has 1 aromatic rings. The van der Waals surface area contributed by atoms with Crippen LogP contribution in [-0.2, 0) is 9.59 Å². The number of carboxylic acids is 1. The van der Waals surface area contributed by atoms with Crippen molar-refractivity contribution < 1.29 is 19.5 Å². The van der Waals surface area contributed by atoms with E-state index in [0.717, 1.165) is 16.0 Å². The summed E-state index contributed by atoms with van der Waals surface area (Å²) in [7, 11) is 0. The van der Waals surface area contributed by atoms with Gasteiger partial charge in [0.1, 0.15) is 0 Å². The Labute approximate surface area is 138 Å². The summed E-state index contributed by atoms with van der Waals surface area (Å²) in [6.07, 6.45) is 0.749. The molecule has 2 rings (SSSR count). The fourth-order valence-corrected chi connectivity index (χ4v) is 3.36. The molecule has 7 heteroatoms. The van der Waals surface area contributed by atoms with Crippen molar-refractivity contribution in [3.05, 3.63) is 33.0 Å². The molecule has 1 aliphatic rings. The number of aliphatic carboxylic acids is 1. The molecule has 0 radical (unpaired) electrons. The zero-order chi connectivity index (χ0) is 17.1. The molecule has 23 heavy (non-hydrogen) atoms. The van der Waals surface area contributed by atoms with Gasteiger partial charge in [-0.25, -0.2) is 0 Å². The monoisotopic (exact) mass is 336 g/mol. The van der Waals surface area contributed by atoms with E-state index in [2.05, 4.69) is 10.9 Å². The lowest BCUT2D eigenvalue weighted by Crippen LogP contribution is -2.48. The highest BCUT2D eigenvalue weighted by molar-refractivity contribution is 7.10. The van der Waals surface area contributed by atoms with E-state index in [1.807, 2.05) is 20.8 Å². The fraction of sp³-hybridized carbons (Fsp3) is 0.438. The number of carbonyl (C=O) groups is 3. The molecule has 6 nitrogen and oxygen atoms in total. The Hall–Kier alpha value is -2.15. The minimum absolute atomic E-state index is 0.358. The van der Waals surface area contributed by atoms with Gasteiger partial charge in [0, 0.05) is 10.3 Å². The van der Waals surface area contributed by atoms with Gasteiger partial charge in [-0.2, -0.15) is 0 Å². The Bertz CT molecular complexity index is 677. The number of thiophene rings is 1. The summed E-state index contributed by atoms with van der Waals surface area (Å²) >= 11 is 1.44. The van der Waals surface area contributed by atoms with Crippen LogP contribution in [0.3, 0.4) is 0 Å². The van der Waals surface area contributed by atoms with Crippen molar-refractivity contribution in [3.8, 4) is 0 Å². The molecule has 1 aliphatic carbocycles. The van der Waals surface area contributed by atoms with Crippen LogP contribution in [0.5, 0.6) is 0 Å². The first-order valence-corrected chi connectivity index (χ1v) is 8.21. The summed E-state index contributed by atoms with van der Waals surface area (Å²) in [5.74, 6) is -3.31. The summed E-state index contributed by atoms with van der Waals surface area (Å²) < 4.78 is 0. The van der Waals surface area contributed by atoms with Gasteiger partial charge in [-0.05, 0) is 39.7 Å². The van der Waals surface area contributed by atoms with Gasteiger partial charge in [0.15, 0.2) is 0 Å². The summed E-state index contributed by atoms with van der Waals surface area (Å²) in [6.45, 7) is 5.68. The molecule has 0 bridgehead atoms. The van der Waals surface area contributed by atoms with Crippen LogP contribution in [0, 0.1) is 18.8 Å². The van der Waals surface area contributed by atoms with Crippen molar-refractivity contribution in [3.63, 3.8) is 0 Å². The van der Waals surface area contributed by atoms with Crippen molar-refractivity contribution >= 4 is 29.1 Å². The predicted octanol–water partition coefficient (Wildman–Crippen LogP) is 2.26. The molecule has 1 heterocycles. The fourth-order valence-electron chi connectivity index (χ4n) is 2.67. The molecular weight excluding hydrogens is 316 g/mol. The van der Waals surface area contributed by atoms with Gasteiger partial charge in [0.05, 0.1) is 17.4 Å². The lowest BCUT2D eigenvalue weighted by atomic mass is 9.76. The molecule has 0 fully saturated rings. The van der Waals surface area contributed by atoms with Gasteiger partial charge in [-0.3, -0.25) is 25.2 Å². The second-order valence-electron chi connectivity index (χ2n) is 5.91. The van der Waals surface area contributed by atoms with Crippen LogP contribution in [0.2, 0.25) is 0 Å². The number of aryl methyl sites for hydroxylation is 1. The van der Waals surface area contributed by atoms with Gasteiger partial charge in [-0.1, -0.05) is 11.1 Å². The summed E-state index contributed by atoms with van der Waals surface area (Å²) in [5.41, 5.74) is 7.23. The van der Waals surface area contributed by atoms with E-state index in [9.17, 15) is 19.5 Å². The minimum Gasteiger partial charge on any atom is -0.481 e. The van der Waals surface area contributed by atoms with Crippen LogP contribution >= 0.6 is 11.3 Å². The van der Waals surface area contributed by atoms with Crippen molar-refractivity contribution in [1.29, 1.82) is 0 Å². The molecule has 0 saturated heterocycles. The van der Waals surface area contributed by atoms with Crippen molar-refractivity contribution in [1.82, 2.24) is 10.9 Å². The summed E-state index contributed by atoms with van der Waals surface area (Å²) in [4.78, 5) is 36.6. The molecule has 0 aliphatic heterocycles. The Morgan fingerprint density at radius 3 is 2.22 bits per heavy atom. The lowest BCUT2D eigenvalue weighted by molar-refractivity contribution is -0.147. The molecule has 0 spiro atoms. The van der Waals surface area contributed by atoms with E-state index in [0.29, 0.717) is 18.4 Å². The topological polar surface area (TPSA) is 95.5 Å². The van der Waals surface area contributed by atoms with E-state index >= 15 is 0 Å². The first-order chi connectivity index (χ1) is 10.8. The molecule has 0 unspecified atom stereocenters. The zero-order valence-electron chi connectivity index (χ0n) is 13.3. The first kappa shape index (κ1) is 17.2. The Morgan fingerprint density at radius 2 is 1.70 bits per heavy atom. The Morgan fingerprint density at radius 1 is 1.09 bits per heavy atom. The lowest BCUT2D eigenvalue weighted by Gasteiger charge is -2.29. The minimum atomic E-state index is -0.989. The van der Waals surface area contributed by atoms with E-state index in [-0.39, 0.29) is 0 Å². The molecule has 0 aromatic carbocycles. The molecule has 2 amide bonds. The number of hydrogen-bond acceptors (Lipinski definition) is 4. The Balaban J connectivity index is 2.01. The number of allylic oxidation sites excluding steroid dienone is 2. The zero-order valence-corrected chi connectivity index (χ0v) is 14.1. The molecule has 0 saturated carbocycles. The summed E-state index contributed by atoms with van der Waals surface area (Å²) in [5, 5.41) is 11.0. The molecule has 2 atom stereocenters. The van der Waals surface area contributed by atoms with E-state index in [1.54, 1.807) is 11.4 Å². The van der Waals surface area contributed by atoms with Crippen LogP contribution < -0.4 is 10.9 Å². The van der Waals surface area contributed by atoms with Crippen molar-refractivity contribution in [2.75, 3.05) is 0 Å². The van der Waals surface area contributed by atoms with Crippen molar-refractivity contribution in [2.24, 2.45) is 11.8 Å². The highest BCUT2D eigenvalue weighted by Crippen LogP contribution is 2.34. The maximum Gasteiger partial charge on any atom is 0.307 e. The largest absolute Gasteiger partial charge is 0.481 e. The quantitative estimate of drug-likeness (QED) is 0.583. The van der Waals surface area contributed by atoms with Gasteiger partial charge < -0.3 is 5.11 Å².